The normalized spacial score (nSPS) is 20.7. The van der Waals surface area contributed by atoms with Crippen LogP contribution in [-0.4, -0.2) is 73.1 Å². The zero-order valence-electron chi connectivity index (χ0n) is 18.8. The first-order chi connectivity index (χ1) is 16.4. The molecule has 2 saturated heterocycles. The molecule has 0 saturated carbocycles. The van der Waals surface area contributed by atoms with Gasteiger partial charge in [-0.15, -0.1) is 0 Å². The van der Waals surface area contributed by atoms with Crippen molar-refractivity contribution in [1.29, 1.82) is 0 Å². The number of carbonyl (C=O) groups excluding carboxylic acids is 2. The molecule has 0 spiro atoms. The number of rotatable bonds is 7. The second-order valence-electron chi connectivity index (χ2n) is 8.20. The zero-order chi connectivity index (χ0) is 24.2. The van der Waals surface area contributed by atoms with Gasteiger partial charge in [-0.1, -0.05) is 23.7 Å². The van der Waals surface area contributed by atoms with Crippen LogP contribution in [0.5, 0.6) is 5.75 Å². The predicted octanol–water partition coefficient (Wildman–Crippen LogP) is 3.63. The summed E-state index contributed by atoms with van der Waals surface area (Å²) >= 11 is 6.21. The predicted molar refractivity (Wildman–Crippen MR) is 125 cm³/mol. The Labute approximate surface area is 202 Å². The third kappa shape index (κ3) is 4.94. The molecule has 4 rings (SSSR count). The molecular weight excluding hydrogens is 463 g/mol. The van der Waals surface area contributed by atoms with Crippen molar-refractivity contribution in [3.8, 4) is 5.75 Å². The molecule has 34 heavy (non-hydrogen) atoms. The van der Waals surface area contributed by atoms with Crippen molar-refractivity contribution in [1.82, 2.24) is 9.80 Å². The molecule has 0 bridgehead atoms. The Morgan fingerprint density at radius 2 is 1.85 bits per heavy atom. The molecule has 1 N–H and O–H groups in total. The number of aliphatic hydroxyl groups is 1. The number of methoxy groups -OCH3 is 1. The molecule has 2 fully saturated rings. The average molecular weight is 489 g/mol. The number of ether oxygens (including phenoxy) is 2. The van der Waals surface area contributed by atoms with Gasteiger partial charge in [0.15, 0.2) is 0 Å². The smallest absolute Gasteiger partial charge is 0.295 e. The van der Waals surface area contributed by atoms with Crippen LogP contribution >= 0.6 is 11.6 Å². The largest absolute Gasteiger partial charge is 0.507 e. The van der Waals surface area contributed by atoms with Crippen molar-refractivity contribution in [2.45, 2.75) is 12.5 Å². The Hall–Kier alpha value is -2.94. The standard InChI is InChI=1S/C25H26ClFN2O5/c1-33-20-8-5-17(15-19(20)26)23(30)21-22(16-3-6-18(27)7-4-16)29(25(32)24(21)31)10-2-9-28-11-13-34-14-12-28/h3-8,15,22,30H,2,9-14H2,1H3/b23-21+/t22-/m1/s1. The molecule has 0 aliphatic carbocycles. The molecule has 0 unspecified atom stereocenters. The molecule has 9 heteroatoms. The van der Waals surface area contributed by atoms with Crippen molar-refractivity contribution >= 4 is 29.1 Å². The van der Waals surface area contributed by atoms with E-state index in [4.69, 9.17) is 21.1 Å². The molecule has 2 aliphatic rings. The van der Waals surface area contributed by atoms with Crippen LogP contribution in [0.2, 0.25) is 5.02 Å². The minimum atomic E-state index is -0.842. The molecule has 7 nitrogen and oxygen atoms in total. The van der Waals surface area contributed by atoms with E-state index in [-0.39, 0.29) is 21.9 Å². The maximum Gasteiger partial charge on any atom is 0.295 e. The fourth-order valence-electron chi connectivity index (χ4n) is 4.36. The topological polar surface area (TPSA) is 79.3 Å². The van der Waals surface area contributed by atoms with Crippen molar-refractivity contribution in [3.05, 3.63) is 70.0 Å². The Kier molecular flexibility index (Phi) is 7.50. The molecule has 0 radical (unpaired) electrons. The number of aliphatic hydroxyl groups excluding tert-OH is 1. The summed E-state index contributed by atoms with van der Waals surface area (Å²) in [6.45, 7) is 4.03. The number of nitrogens with zero attached hydrogens (tertiary/aromatic N) is 2. The van der Waals surface area contributed by atoms with Crippen LogP contribution in [-0.2, 0) is 14.3 Å². The highest BCUT2D eigenvalue weighted by molar-refractivity contribution is 6.46. The fraction of sp³-hybridized carbons (Fsp3) is 0.360. The summed E-state index contributed by atoms with van der Waals surface area (Å²) in [6, 6.07) is 9.36. The van der Waals surface area contributed by atoms with Gasteiger partial charge < -0.3 is 19.5 Å². The Morgan fingerprint density at radius 3 is 2.50 bits per heavy atom. The van der Waals surface area contributed by atoms with E-state index >= 15 is 0 Å². The van der Waals surface area contributed by atoms with Crippen LogP contribution in [0.15, 0.2) is 48.0 Å². The first kappa shape index (κ1) is 24.2. The van der Waals surface area contributed by atoms with Gasteiger partial charge in [0, 0.05) is 31.7 Å². The van der Waals surface area contributed by atoms with E-state index in [0.29, 0.717) is 37.5 Å². The maximum absolute atomic E-state index is 13.6. The van der Waals surface area contributed by atoms with E-state index in [9.17, 15) is 19.1 Å². The highest BCUT2D eigenvalue weighted by Gasteiger charge is 2.45. The van der Waals surface area contributed by atoms with Gasteiger partial charge in [-0.2, -0.15) is 0 Å². The zero-order valence-corrected chi connectivity index (χ0v) is 19.6. The van der Waals surface area contributed by atoms with Crippen LogP contribution in [0.3, 0.4) is 0 Å². The van der Waals surface area contributed by atoms with Gasteiger partial charge in [-0.05, 0) is 42.3 Å². The third-order valence-corrected chi connectivity index (χ3v) is 6.42. The van der Waals surface area contributed by atoms with Gasteiger partial charge >= 0.3 is 0 Å². The third-order valence-electron chi connectivity index (χ3n) is 6.13. The molecular formula is C25H26ClFN2O5. The van der Waals surface area contributed by atoms with E-state index in [1.54, 1.807) is 12.1 Å². The number of hydrogen-bond donors (Lipinski definition) is 1. The van der Waals surface area contributed by atoms with E-state index in [0.717, 1.165) is 19.6 Å². The molecule has 2 heterocycles. The number of halogens is 2. The summed E-state index contributed by atoms with van der Waals surface area (Å²) in [5.41, 5.74) is 0.765. The van der Waals surface area contributed by atoms with Crippen LogP contribution in [0.4, 0.5) is 4.39 Å². The Bertz CT molecular complexity index is 1100. The second-order valence-corrected chi connectivity index (χ2v) is 8.61. The molecule has 2 aliphatic heterocycles. The van der Waals surface area contributed by atoms with Gasteiger partial charge in [0.1, 0.15) is 17.3 Å². The number of Topliss-reactive ketones (excluding diaryl/α,β-unsaturated/α-hetero) is 1. The minimum absolute atomic E-state index is 0.0517. The maximum atomic E-state index is 13.6. The number of benzene rings is 2. The average Bonchev–Trinajstić information content (AvgIpc) is 3.09. The highest BCUT2D eigenvalue weighted by Crippen LogP contribution is 2.40. The van der Waals surface area contributed by atoms with Crippen LogP contribution in [0.1, 0.15) is 23.6 Å². The lowest BCUT2D eigenvalue weighted by Gasteiger charge is -2.29. The molecule has 180 valence electrons. The van der Waals surface area contributed by atoms with E-state index < -0.39 is 23.5 Å². The van der Waals surface area contributed by atoms with Crippen LogP contribution < -0.4 is 4.74 Å². The summed E-state index contributed by atoms with van der Waals surface area (Å²) in [5, 5.41) is 11.4. The van der Waals surface area contributed by atoms with Crippen molar-refractivity contribution in [2.75, 3.05) is 46.5 Å². The summed E-state index contributed by atoms with van der Waals surface area (Å²) in [6.07, 6.45) is 0.638. The van der Waals surface area contributed by atoms with Gasteiger partial charge in [0.05, 0.1) is 37.0 Å². The number of ketones is 1. The number of likely N-dealkylation sites (tertiary alicyclic amines) is 1. The Morgan fingerprint density at radius 1 is 1.15 bits per heavy atom. The van der Waals surface area contributed by atoms with E-state index in [2.05, 4.69) is 4.90 Å². The number of carbonyl (C=O) groups is 2. The fourth-order valence-corrected chi connectivity index (χ4v) is 4.62. The second kappa shape index (κ2) is 10.5. The molecule has 0 aromatic heterocycles. The first-order valence-electron chi connectivity index (χ1n) is 11.1. The van der Waals surface area contributed by atoms with Gasteiger partial charge in [0.25, 0.3) is 11.7 Å². The van der Waals surface area contributed by atoms with Crippen molar-refractivity contribution in [2.24, 2.45) is 0 Å². The summed E-state index contributed by atoms with van der Waals surface area (Å²) < 4.78 is 24.1. The quantitative estimate of drug-likeness (QED) is 0.364. The molecule has 1 atom stereocenters. The first-order valence-corrected chi connectivity index (χ1v) is 11.5. The van der Waals surface area contributed by atoms with Gasteiger partial charge in [0.2, 0.25) is 0 Å². The summed E-state index contributed by atoms with van der Waals surface area (Å²) in [4.78, 5) is 29.8. The lowest BCUT2D eigenvalue weighted by Crippen LogP contribution is -2.38. The van der Waals surface area contributed by atoms with Crippen LogP contribution in [0, 0.1) is 5.82 Å². The van der Waals surface area contributed by atoms with Gasteiger partial charge in [-0.3, -0.25) is 14.5 Å². The molecule has 1 amide bonds. The number of morpholine rings is 1. The van der Waals surface area contributed by atoms with E-state index in [1.807, 2.05) is 0 Å². The van der Waals surface area contributed by atoms with Crippen molar-refractivity contribution in [3.63, 3.8) is 0 Å². The lowest BCUT2D eigenvalue weighted by atomic mass is 9.95. The summed E-state index contributed by atoms with van der Waals surface area (Å²) in [7, 11) is 1.47. The molecule has 2 aromatic rings. The van der Waals surface area contributed by atoms with Gasteiger partial charge in [-0.25, -0.2) is 4.39 Å². The molecule has 2 aromatic carbocycles. The van der Waals surface area contributed by atoms with Crippen LogP contribution in [0.25, 0.3) is 5.76 Å². The highest BCUT2D eigenvalue weighted by atomic mass is 35.5. The Balaban J connectivity index is 1.68. The number of amides is 1. The lowest BCUT2D eigenvalue weighted by molar-refractivity contribution is -0.140. The van der Waals surface area contributed by atoms with Crippen molar-refractivity contribution < 1.29 is 28.6 Å². The van der Waals surface area contributed by atoms with E-state index in [1.165, 1.54) is 42.3 Å². The minimum Gasteiger partial charge on any atom is -0.507 e. The summed E-state index contributed by atoms with van der Waals surface area (Å²) in [5.74, 6) is -1.85. The SMILES string of the molecule is COc1ccc(/C(O)=C2\C(=O)C(=O)N(CCCN3CCOCC3)[C@@H]2c2ccc(F)cc2)cc1Cl. The monoisotopic (exact) mass is 488 g/mol. The number of hydrogen-bond acceptors (Lipinski definition) is 6.